The van der Waals surface area contributed by atoms with Crippen LogP contribution in [0.1, 0.15) is 20.7 Å². The Labute approximate surface area is 129 Å². The van der Waals surface area contributed by atoms with Crippen molar-refractivity contribution in [2.75, 3.05) is 17.7 Å². The van der Waals surface area contributed by atoms with Crippen molar-refractivity contribution in [1.82, 2.24) is 0 Å². The fraction of sp³-hybridized carbons (Fsp3) is 0.0667. The molecule has 0 aliphatic carbocycles. The lowest BCUT2D eigenvalue weighted by Crippen LogP contribution is -2.30. The molecule has 0 fully saturated rings. The van der Waals surface area contributed by atoms with E-state index in [1.165, 1.54) is 7.11 Å². The van der Waals surface area contributed by atoms with Crippen molar-refractivity contribution in [2.45, 2.75) is 0 Å². The normalized spacial score (nSPS) is 13.5. The number of amides is 2. The number of hydrogen-bond donors (Lipinski definition) is 1. The van der Waals surface area contributed by atoms with Gasteiger partial charge < -0.3 is 10.5 Å². The third-order valence-electron chi connectivity index (χ3n) is 3.33. The maximum absolute atomic E-state index is 12.5. The van der Waals surface area contributed by atoms with Gasteiger partial charge >= 0.3 is 0 Å². The molecule has 5 nitrogen and oxygen atoms in total. The van der Waals surface area contributed by atoms with Gasteiger partial charge in [0.15, 0.2) is 0 Å². The summed E-state index contributed by atoms with van der Waals surface area (Å²) < 4.78 is 5.86. The van der Waals surface area contributed by atoms with Gasteiger partial charge in [0, 0.05) is 10.5 Å². The van der Waals surface area contributed by atoms with Crippen molar-refractivity contribution in [3.63, 3.8) is 0 Å². The minimum absolute atomic E-state index is 0.330. The van der Waals surface area contributed by atoms with E-state index in [1.54, 1.807) is 36.4 Å². The molecule has 2 amide bonds. The average Bonchev–Trinajstić information content (AvgIpc) is 2.71. The molecule has 2 aromatic rings. The van der Waals surface area contributed by atoms with Crippen LogP contribution in [0.15, 0.2) is 40.9 Å². The van der Waals surface area contributed by atoms with Gasteiger partial charge in [-0.3, -0.25) is 9.59 Å². The third-order valence-corrected chi connectivity index (χ3v) is 3.82. The lowest BCUT2D eigenvalue weighted by atomic mass is 10.1. The van der Waals surface area contributed by atoms with Gasteiger partial charge in [0.05, 0.1) is 29.6 Å². The first-order valence-electron chi connectivity index (χ1n) is 6.15. The van der Waals surface area contributed by atoms with Gasteiger partial charge in [-0.15, -0.1) is 0 Å². The highest BCUT2D eigenvalue weighted by Crippen LogP contribution is 2.35. The number of rotatable bonds is 2. The van der Waals surface area contributed by atoms with Gasteiger partial charge in [-0.1, -0.05) is 15.9 Å². The van der Waals surface area contributed by atoms with Crippen LogP contribution >= 0.6 is 15.9 Å². The summed E-state index contributed by atoms with van der Waals surface area (Å²) in [6.07, 6.45) is 0. The lowest BCUT2D eigenvalue weighted by Gasteiger charge is -2.17. The highest BCUT2D eigenvalue weighted by atomic mass is 79.9. The maximum atomic E-state index is 12.5. The highest BCUT2D eigenvalue weighted by molar-refractivity contribution is 9.10. The zero-order valence-corrected chi connectivity index (χ0v) is 12.7. The predicted molar refractivity (Wildman–Crippen MR) is 82.7 cm³/mol. The largest absolute Gasteiger partial charge is 0.497 e. The first-order valence-corrected chi connectivity index (χ1v) is 6.94. The lowest BCUT2D eigenvalue weighted by molar-refractivity contribution is 0.0926. The van der Waals surface area contributed by atoms with Crippen LogP contribution < -0.4 is 15.4 Å². The molecule has 1 heterocycles. The molecule has 6 heteroatoms. The topological polar surface area (TPSA) is 72.6 Å². The van der Waals surface area contributed by atoms with E-state index in [0.717, 1.165) is 9.37 Å². The Morgan fingerprint density at radius 2 is 1.76 bits per heavy atom. The summed E-state index contributed by atoms with van der Waals surface area (Å²) in [5, 5.41) is 0. The molecule has 0 saturated carbocycles. The molecule has 21 heavy (non-hydrogen) atoms. The Balaban J connectivity index is 2.14. The predicted octanol–water partition coefficient (Wildman–Crippen LogP) is 2.84. The van der Waals surface area contributed by atoms with Crippen LogP contribution in [0.25, 0.3) is 0 Å². The minimum Gasteiger partial charge on any atom is -0.497 e. The van der Waals surface area contributed by atoms with Crippen LogP contribution in [0, 0.1) is 0 Å². The smallest absolute Gasteiger partial charge is 0.266 e. The number of ether oxygens (including phenoxy) is 1. The first-order chi connectivity index (χ1) is 10.0. The number of hydrogen-bond acceptors (Lipinski definition) is 4. The minimum atomic E-state index is -0.392. The number of carbonyl (C=O) groups is 2. The Morgan fingerprint density at radius 1 is 1.05 bits per heavy atom. The first kappa shape index (κ1) is 13.6. The Bertz CT molecular complexity index is 774. The number of anilines is 2. The van der Waals surface area contributed by atoms with Crippen molar-refractivity contribution in [3.8, 4) is 5.75 Å². The van der Waals surface area contributed by atoms with Crippen LogP contribution in [0.4, 0.5) is 11.4 Å². The summed E-state index contributed by atoms with van der Waals surface area (Å²) in [5.41, 5.74) is 7.29. The quantitative estimate of drug-likeness (QED) is 0.670. The summed E-state index contributed by atoms with van der Waals surface area (Å²) >= 11 is 3.30. The second-order valence-electron chi connectivity index (χ2n) is 4.56. The average molecular weight is 347 g/mol. The number of fused-ring (bicyclic) bond motifs is 1. The Hall–Kier alpha value is -2.34. The molecule has 1 aliphatic rings. The Morgan fingerprint density at radius 3 is 2.48 bits per heavy atom. The van der Waals surface area contributed by atoms with Gasteiger partial charge in [0.2, 0.25) is 0 Å². The monoisotopic (exact) mass is 346 g/mol. The molecule has 2 aromatic carbocycles. The number of imide groups is 1. The van der Waals surface area contributed by atoms with E-state index in [2.05, 4.69) is 15.9 Å². The van der Waals surface area contributed by atoms with Crippen molar-refractivity contribution < 1.29 is 14.3 Å². The fourth-order valence-electron chi connectivity index (χ4n) is 2.28. The van der Waals surface area contributed by atoms with Crippen molar-refractivity contribution in [3.05, 3.63) is 52.0 Å². The van der Waals surface area contributed by atoms with Gasteiger partial charge in [-0.2, -0.15) is 0 Å². The summed E-state index contributed by atoms with van der Waals surface area (Å²) in [4.78, 5) is 26.0. The summed E-state index contributed by atoms with van der Waals surface area (Å²) in [5.74, 6) is -0.254. The number of carbonyl (C=O) groups excluding carboxylic acids is 2. The van der Waals surface area contributed by atoms with Crippen LogP contribution in [-0.4, -0.2) is 18.9 Å². The summed E-state index contributed by atoms with van der Waals surface area (Å²) in [7, 11) is 1.51. The van der Waals surface area contributed by atoms with Crippen LogP contribution in [0.5, 0.6) is 5.75 Å². The SMILES string of the molecule is COc1ccc(N)c(N2C(=O)c3ccc(Br)cc3C2=O)c1. The molecule has 1 aliphatic heterocycles. The number of nitrogen functional groups attached to an aromatic ring is 1. The van der Waals surface area contributed by atoms with E-state index in [9.17, 15) is 9.59 Å². The zero-order valence-electron chi connectivity index (χ0n) is 11.1. The summed E-state index contributed by atoms with van der Waals surface area (Å²) in [6, 6.07) is 9.83. The van der Waals surface area contributed by atoms with E-state index in [0.29, 0.717) is 28.3 Å². The van der Waals surface area contributed by atoms with E-state index >= 15 is 0 Å². The van der Waals surface area contributed by atoms with E-state index in [1.807, 2.05) is 0 Å². The molecule has 0 bridgehead atoms. The van der Waals surface area contributed by atoms with E-state index < -0.39 is 5.91 Å². The molecule has 3 rings (SSSR count). The molecule has 2 N–H and O–H groups in total. The molecule has 0 unspecified atom stereocenters. The number of methoxy groups -OCH3 is 1. The van der Waals surface area contributed by atoms with E-state index in [4.69, 9.17) is 10.5 Å². The van der Waals surface area contributed by atoms with Gasteiger partial charge in [0.1, 0.15) is 5.75 Å². The second kappa shape index (κ2) is 4.89. The highest BCUT2D eigenvalue weighted by Gasteiger charge is 2.37. The van der Waals surface area contributed by atoms with Crippen molar-refractivity contribution >= 4 is 39.1 Å². The molecule has 106 valence electrons. The Kier molecular flexibility index (Phi) is 3.17. The summed E-state index contributed by atoms with van der Waals surface area (Å²) in [6.45, 7) is 0. The third kappa shape index (κ3) is 2.08. The van der Waals surface area contributed by atoms with Crippen molar-refractivity contribution in [2.24, 2.45) is 0 Å². The maximum Gasteiger partial charge on any atom is 0.266 e. The van der Waals surface area contributed by atoms with Crippen LogP contribution in [-0.2, 0) is 0 Å². The molecule has 0 aromatic heterocycles. The molecule has 0 radical (unpaired) electrons. The molecular formula is C15H11BrN2O3. The number of nitrogens with two attached hydrogens (primary N) is 1. The number of benzene rings is 2. The second-order valence-corrected chi connectivity index (χ2v) is 5.48. The van der Waals surface area contributed by atoms with Crippen LogP contribution in [0.3, 0.4) is 0 Å². The molecule has 0 atom stereocenters. The number of halogens is 1. The fourth-order valence-corrected chi connectivity index (χ4v) is 2.64. The van der Waals surface area contributed by atoms with Crippen LogP contribution in [0.2, 0.25) is 0 Å². The van der Waals surface area contributed by atoms with Crippen molar-refractivity contribution in [1.29, 1.82) is 0 Å². The standard InChI is InChI=1S/C15H11BrN2O3/c1-21-9-3-5-12(17)13(7-9)18-14(19)10-4-2-8(16)6-11(10)15(18)20/h2-7H,17H2,1H3. The van der Waals surface area contributed by atoms with E-state index in [-0.39, 0.29) is 5.91 Å². The van der Waals surface area contributed by atoms with Gasteiger partial charge in [-0.25, -0.2) is 4.90 Å². The molecular weight excluding hydrogens is 336 g/mol. The molecule has 0 spiro atoms. The number of nitrogens with zero attached hydrogens (tertiary/aromatic N) is 1. The zero-order chi connectivity index (χ0) is 15.1. The van der Waals surface area contributed by atoms with Gasteiger partial charge in [0.25, 0.3) is 11.8 Å². The molecule has 0 saturated heterocycles. The van der Waals surface area contributed by atoms with Gasteiger partial charge in [-0.05, 0) is 30.3 Å².